The highest BCUT2D eigenvalue weighted by atomic mass is 14.1. The molecule has 0 N–H and O–H groups in total. The smallest absolute Gasteiger partial charge is 0.0777 e. The summed E-state index contributed by atoms with van der Waals surface area (Å²) in [6.45, 7) is 11.5. The minimum absolute atomic E-state index is 0.818. The fourth-order valence-corrected chi connectivity index (χ4v) is 1.36. The van der Waals surface area contributed by atoms with Crippen molar-refractivity contribution in [3.63, 3.8) is 0 Å². The maximum absolute atomic E-state index is 2.50. The van der Waals surface area contributed by atoms with E-state index in [0.717, 1.165) is 17.7 Å². The molecule has 0 saturated carbocycles. The molecule has 0 heterocycles. The summed E-state index contributed by atoms with van der Waals surface area (Å²) < 4.78 is 0. The monoisotopic (exact) mass is 153 g/mol. The maximum atomic E-state index is 2.50. The number of rotatable bonds is 5. The Morgan fingerprint density at radius 1 is 1.09 bits per heavy atom. The van der Waals surface area contributed by atoms with Crippen molar-refractivity contribution in [2.45, 2.75) is 53.2 Å². The second-order valence-electron chi connectivity index (χ2n) is 4.18. The SMILES string of the molecule is CCC([B]CC(C)C)C(C)C. The van der Waals surface area contributed by atoms with Crippen molar-refractivity contribution < 1.29 is 0 Å². The molecule has 1 atom stereocenters. The predicted octanol–water partition coefficient (Wildman–Crippen LogP) is 3.62. The van der Waals surface area contributed by atoms with Gasteiger partial charge in [-0.3, -0.25) is 0 Å². The summed E-state index contributed by atoms with van der Waals surface area (Å²) in [6.07, 6.45) is 2.57. The van der Waals surface area contributed by atoms with Crippen LogP contribution in [-0.4, -0.2) is 7.28 Å². The third-order valence-corrected chi connectivity index (χ3v) is 2.24. The van der Waals surface area contributed by atoms with Crippen molar-refractivity contribution in [2.24, 2.45) is 11.8 Å². The van der Waals surface area contributed by atoms with Gasteiger partial charge >= 0.3 is 0 Å². The van der Waals surface area contributed by atoms with Gasteiger partial charge in [0.2, 0.25) is 0 Å². The van der Waals surface area contributed by atoms with Crippen molar-refractivity contribution in [1.82, 2.24) is 0 Å². The molecular weight excluding hydrogens is 131 g/mol. The minimum atomic E-state index is 0.818. The van der Waals surface area contributed by atoms with Crippen LogP contribution in [0.15, 0.2) is 0 Å². The summed E-state index contributed by atoms with van der Waals surface area (Å²) in [5.41, 5.74) is 0. The van der Waals surface area contributed by atoms with Crippen LogP contribution in [0, 0.1) is 11.8 Å². The topological polar surface area (TPSA) is 0 Å². The number of hydrogen-bond donors (Lipinski definition) is 0. The third kappa shape index (κ3) is 5.35. The quantitative estimate of drug-likeness (QED) is 0.529. The van der Waals surface area contributed by atoms with E-state index >= 15 is 0 Å². The molecule has 0 aliphatic heterocycles. The zero-order valence-electron chi connectivity index (χ0n) is 8.72. The lowest BCUT2D eigenvalue weighted by molar-refractivity contribution is 0.563. The van der Waals surface area contributed by atoms with Crippen molar-refractivity contribution in [3.8, 4) is 0 Å². The Labute approximate surface area is 73.0 Å². The zero-order valence-corrected chi connectivity index (χ0v) is 8.72. The molecule has 65 valence electrons. The molecule has 0 amide bonds. The third-order valence-electron chi connectivity index (χ3n) is 2.24. The van der Waals surface area contributed by atoms with Crippen LogP contribution in [0.2, 0.25) is 12.1 Å². The Bertz CT molecular complexity index is 86.9. The normalized spacial score (nSPS) is 14.1. The van der Waals surface area contributed by atoms with E-state index in [1.54, 1.807) is 0 Å². The van der Waals surface area contributed by atoms with Gasteiger partial charge in [0.25, 0.3) is 0 Å². The molecule has 0 aliphatic rings. The van der Waals surface area contributed by atoms with Gasteiger partial charge in [-0.1, -0.05) is 65.0 Å². The first-order chi connectivity index (χ1) is 5.07. The van der Waals surface area contributed by atoms with Gasteiger partial charge in [0.1, 0.15) is 7.28 Å². The van der Waals surface area contributed by atoms with Crippen LogP contribution < -0.4 is 0 Å². The summed E-state index contributed by atoms with van der Waals surface area (Å²) in [5, 5.41) is 0. The lowest BCUT2D eigenvalue weighted by Gasteiger charge is -2.18. The van der Waals surface area contributed by atoms with E-state index < -0.39 is 0 Å². The molecule has 0 fully saturated rings. The minimum Gasteiger partial charge on any atom is -0.0777 e. The van der Waals surface area contributed by atoms with Gasteiger partial charge in [0.15, 0.2) is 0 Å². The average molecular weight is 153 g/mol. The van der Waals surface area contributed by atoms with Crippen molar-refractivity contribution in [3.05, 3.63) is 0 Å². The van der Waals surface area contributed by atoms with Gasteiger partial charge in [0.05, 0.1) is 0 Å². The van der Waals surface area contributed by atoms with E-state index in [1.807, 2.05) is 0 Å². The van der Waals surface area contributed by atoms with Crippen LogP contribution in [0.5, 0.6) is 0 Å². The Kier molecular flexibility index (Phi) is 5.72. The van der Waals surface area contributed by atoms with Gasteiger partial charge in [-0.05, 0) is 0 Å². The highest BCUT2D eigenvalue weighted by Crippen LogP contribution is 2.22. The Hall–Kier alpha value is 0.0649. The maximum Gasteiger partial charge on any atom is 0.114 e. The van der Waals surface area contributed by atoms with Crippen LogP contribution in [0.1, 0.15) is 41.0 Å². The Morgan fingerprint density at radius 2 is 1.64 bits per heavy atom. The van der Waals surface area contributed by atoms with Crippen molar-refractivity contribution in [1.29, 1.82) is 0 Å². The van der Waals surface area contributed by atoms with E-state index in [1.165, 1.54) is 12.7 Å². The molecule has 1 radical (unpaired) electrons. The fourth-order valence-electron chi connectivity index (χ4n) is 1.36. The largest absolute Gasteiger partial charge is 0.114 e. The van der Waals surface area contributed by atoms with E-state index in [2.05, 4.69) is 41.9 Å². The molecular formula is C10H22B. The van der Waals surface area contributed by atoms with Crippen LogP contribution >= 0.6 is 0 Å². The summed E-state index contributed by atoms with van der Waals surface area (Å²) in [6, 6.07) is 0. The van der Waals surface area contributed by atoms with Crippen LogP contribution in [0.4, 0.5) is 0 Å². The first kappa shape index (κ1) is 11.1. The first-order valence-corrected chi connectivity index (χ1v) is 4.91. The van der Waals surface area contributed by atoms with Gasteiger partial charge < -0.3 is 0 Å². The summed E-state index contributed by atoms with van der Waals surface area (Å²) in [4.78, 5) is 0. The van der Waals surface area contributed by atoms with Crippen LogP contribution in [0.3, 0.4) is 0 Å². The Morgan fingerprint density at radius 3 is 1.91 bits per heavy atom. The van der Waals surface area contributed by atoms with Gasteiger partial charge in [-0.15, -0.1) is 0 Å². The molecule has 0 nitrogen and oxygen atoms in total. The molecule has 0 saturated heterocycles. The molecule has 0 aromatic heterocycles. The van der Waals surface area contributed by atoms with E-state index in [-0.39, 0.29) is 0 Å². The second kappa shape index (κ2) is 5.68. The van der Waals surface area contributed by atoms with Gasteiger partial charge in [-0.25, -0.2) is 0 Å². The van der Waals surface area contributed by atoms with E-state index in [4.69, 9.17) is 0 Å². The lowest BCUT2D eigenvalue weighted by Crippen LogP contribution is -2.10. The van der Waals surface area contributed by atoms with Crippen LogP contribution in [-0.2, 0) is 0 Å². The Balaban J connectivity index is 3.52. The first-order valence-electron chi connectivity index (χ1n) is 4.91. The fraction of sp³-hybridized carbons (Fsp3) is 1.00. The van der Waals surface area contributed by atoms with E-state index in [0.29, 0.717) is 0 Å². The summed E-state index contributed by atoms with van der Waals surface area (Å²) in [7, 11) is 2.50. The van der Waals surface area contributed by atoms with E-state index in [9.17, 15) is 0 Å². The van der Waals surface area contributed by atoms with Gasteiger partial charge in [-0.2, -0.15) is 0 Å². The van der Waals surface area contributed by atoms with Gasteiger partial charge in [0, 0.05) is 0 Å². The molecule has 0 rings (SSSR count). The molecule has 0 aliphatic carbocycles. The molecule has 0 spiro atoms. The number of hydrogen-bond acceptors (Lipinski definition) is 0. The van der Waals surface area contributed by atoms with Crippen molar-refractivity contribution >= 4 is 7.28 Å². The standard InChI is InChI=1S/C10H22B/c1-6-10(9(4)5)11-7-8(2)3/h8-10H,6-7H2,1-5H3. The highest BCUT2D eigenvalue weighted by molar-refractivity contribution is 6.37. The molecule has 11 heavy (non-hydrogen) atoms. The summed E-state index contributed by atoms with van der Waals surface area (Å²) >= 11 is 0. The van der Waals surface area contributed by atoms with Crippen molar-refractivity contribution in [2.75, 3.05) is 0 Å². The zero-order chi connectivity index (χ0) is 8.85. The molecule has 1 heteroatoms. The molecule has 0 aromatic carbocycles. The molecule has 1 unspecified atom stereocenters. The van der Waals surface area contributed by atoms with Crippen LogP contribution in [0.25, 0.3) is 0 Å². The molecule has 0 bridgehead atoms. The second-order valence-corrected chi connectivity index (χ2v) is 4.18. The lowest BCUT2D eigenvalue weighted by atomic mass is 9.55. The average Bonchev–Trinajstić information content (AvgIpc) is 1.87. The summed E-state index contributed by atoms with van der Waals surface area (Å²) in [5.74, 6) is 2.47. The molecule has 0 aromatic rings. The highest BCUT2D eigenvalue weighted by Gasteiger charge is 2.12. The predicted molar refractivity (Wildman–Crippen MR) is 54.3 cm³/mol.